The predicted octanol–water partition coefficient (Wildman–Crippen LogP) is 3.42. The fourth-order valence-electron chi connectivity index (χ4n) is 3.25. The summed E-state index contributed by atoms with van der Waals surface area (Å²) >= 11 is 0. The summed E-state index contributed by atoms with van der Waals surface area (Å²) in [5.74, 6) is 2.36. The van der Waals surface area contributed by atoms with Crippen molar-refractivity contribution in [1.82, 2.24) is 10.6 Å². The fourth-order valence-corrected chi connectivity index (χ4v) is 3.25. The highest BCUT2D eigenvalue weighted by molar-refractivity contribution is 5.80. The lowest BCUT2D eigenvalue weighted by atomic mass is 9.84. The first kappa shape index (κ1) is 18.4. The van der Waals surface area contributed by atoms with E-state index < -0.39 is 0 Å². The number of ether oxygens (including phenoxy) is 1. The third kappa shape index (κ3) is 5.05. The van der Waals surface area contributed by atoms with Crippen LogP contribution < -0.4 is 15.4 Å². The van der Waals surface area contributed by atoms with Gasteiger partial charge in [-0.3, -0.25) is 0 Å². The van der Waals surface area contributed by atoms with E-state index in [-0.39, 0.29) is 5.75 Å². The molecule has 0 amide bonds. The Balaban J connectivity index is 1.98. The van der Waals surface area contributed by atoms with Crippen LogP contribution in [0.25, 0.3) is 0 Å². The first-order valence-corrected chi connectivity index (χ1v) is 9.07. The molecular weight excluding hydrogens is 302 g/mol. The highest BCUT2D eigenvalue weighted by atomic mass is 16.5. The van der Waals surface area contributed by atoms with Crippen LogP contribution in [0.15, 0.2) is 23.2 Å². The molecule has 1 aliphatic rings. The number of hydrogen-bond donors (Lipinski definition) is 3. The van der Waals surface area contributed by atoms with Crippen molar-refractivity contribution < 1.29 is 9.84 Å². The molecule has 0 unspecified atom stereocenters. The van der Waals surface area contributed by atoms with Crippen molar-refractivity contribution in [3.63, 3.8) is 0 Å². The van der Waals surface area contributed by atoms with Gasteiger partial charge in [-0.2, -0.15) is 0 Å². The van der Waals surface area contributed by atoms with Gasteiger partial charge in [0, 0.05) is 18.2 Å². The Morgan fingerprint density at radius 1 is 1.25 bits per heavy atom. The number of nitrogens with zero attached hydrogens (tertiary/aromatic N) is 1. The van der Waals surface area contributed by atoms with Gasteiger partial charge in [-0.15, -0.1) is 0 Å². The van der Waals surface area contributed by atoms with Crippen LogP contribution in [0.3, 0.4) is 0 Å². The number of aliphatic imine (C=N–C) groups is 1. The first-order chi connectivity index (χ1) is 11.7. The number of hydrogen-bond acceptors (Lipinski definition) is 3. The molecule has 1 saturated carbocycles. The summed E-state index contributed by atoms with van der Waals surface area (Å²) in [7, 11) is 1.56. The van der Waals surface area contributed by atoms with Crippen molar-refractivity contribution in [3.8, 4) is 11.5 Å². The number of para-hydroxylation sites is 1. The van der Waals surface area contributed by atoms with E-state index in [0.717, 1.165) is 24.0 Å². The van der Waals surface area contributed by atoms with E-state index in [4.69, 9.17) is 4.74 Å². The predicted molar refractivity (Wildman–Crippen MR) is 98.6 cm³/mol. The maximum Gasteiger partial charge on any atom is 0.191 e. The molecule has 1 aromatic carbocycles. The largest absolute Gasteiger partial charge is 0.504 e. The minimum Gasteiger partial charge on any atom is -0.504 e. The standard InChI is InChI=1S/C19H31N3O2/c1-4-14-9-11-16(12-10-14)22-19(20-5-2)21-13-15-7-6-8-17(24-3)18(15)23/h6-8,14,16,23H,4-5,9-13H2,1-3H3,(H2,20,21,22). The molecule has 134 valence electrons. The summed E-state index contributed by atoms with van der Waals surface area (Å²) in [5.41, 5.74) is 0.765. The average Bonchev–Trinajstić information content (AvgIpc) is 2.61. The first-order valence-electron chi connectivity index (χ1n) is 9.07. The molecule has 0 bridgehead atoms. The molecule has 1 aromatic rings. The van der Waals surface area contributed by atoms with Crippen LogP contribution in [0.4, 0.5) is 0 Å². The van der Waals surface area contributed by atoms with Crippen molar-refractivity contribution in [2.45, 2.75) is 58.5 Å². The quantitative estimate of drug-likeness (QED) is 0.551. The second-order valence-corrected chi connectivity index (χ2v) is 6.43. The second kappa shape index (κ2) is 9.40. The van der Waals surface area contributed by atoms with E-state index in [2.05, 4.69) is 29.5 Å². The van der Waals surface area contributed by atoms with E-state index in [1.165, 1.54) is 32.1 Å². The molecular formula is C19H31N3O2. The summed E-state index contributed by atoms with van der Waals surface area (Å²) < 4.78 is 5.15. The normalized spacial score (nSPS) is 21.4. The highest BCUT2D eigenvalue weighted by Gasteiger charge is 2.20. The van der Waals surface area contributed by atoms with Gasteiger partial charge in [-0.1, -0.05) is 25.5 Å². The Bertz CT molecular complexity index is 537. The molecule has 5 heteroatoms. The van der Waals surface area contributed by atoms with Crippen molar-refractivity contribution >= 4 is 5.96 Å². The molecule has 0 spiro atoms. The summed E-state index contributed by atoms with van der Waals surface area (Å²) in [6, 6.07) is 5.98. The Morgan fingerprint density at radius 3 is 2.62 bits per heavy atom. The molecule has 0 saturated heterocycles. The van der Waals surface area contributed by atoms with Gasteiger partial charge < -0.3 is 20.5 Å². The number of phenols is 1. The summed E-state index contributed by atoms with van der Waals surface area (Å²) in [4.78, 5) is 4.63. The topological polar surface area (TPSA) is 65.9 Å². The van der Waals surface area contributed by atoms with E-state index in [9.17, 15) is 5.11 Å². The van der Waals surface area contributed by atoms with Crippen LogP contribution >= 0.6 is 0 Å². The number of guanidine groups is 1. The van der Waals surface area contributed by atoms with Gasteiger partial charge in [0.25, 0.3) is 0 Å². The molecule has 0 radical (unpaired) electrons. The molecule has 2 rings (SSSR count). The van der Waals surface area contributed by atoms with Crippen LogP contribution in [0.5, 0.6) is 11.5 Å². The Labute approximate surface area is 145 Å². The summed E-state index contributed by atoms with van der Waals surface area (Å²) in [6.45, 7) is 5.58. The maximum absolute atomic E-state index is 10.2. The van der Waals surface area contributed by atoms with Crippen LogP contribution in [-0.4, -0.2) is 30.8 Å². The molecule has 1 fully saturated rings. The van der Waals surface area contributed by atoms with Gasteiger partial charge in [-0.05, 0) is 44.6 Å². The van der Waals surface area contributed by atoms with Crippen molar-refractivity contribution in [2.75, 3.05) is 13.7 Å². The maximum atomic E-state index is 10.2. The lowest BCUT2D eigenvalue weighted by molar-refractivity contribution is 0.304. The monoisotopic (exact) mass is 333 g/mol. The Hall–Kier alpha value is -1.91. The molecule has 0 aromatic heterocycles. The number of aromatic hydroxyl groups is 1. The molecule has 0 atom stereocenters. The SMILES string of the molecule is CCNC(=NCc1cccc(OC)c1O)NC1CCC(CC)CC1. The third-order valence-electron chi connectivity index (χ3n) is 4.82. The zero-order valence-electron chi connectivity index (χ0n) is 15.1. The van der Waals surface area contributed by atoms with Gasteiger partial charge in [0.2, 0.25) is 0 Å². The highest BCUT2D eigenvalue weighted by Crippen LogP contribution is 2.30. The number of benzene rings is 1. The van der Waals surface area contributed by atoms with Crippen LogP contribution in [0.2, 0.25) is 0 Å². The third-order valence-corrected chi connectivity index (χ3v) is 4.82. The van der Waals surface area contributed by atoms with E-state index in [1.54, 1.807) is 13.2 Å². The van der Waals surface area contributed by atoms with E-state index in [1.807, 2.05) is 12.1 Å². The lowest BCUT2D eigenvalue weighted by Gasteiger charge is -2.29. The smallest absolute Gasteiger partial charge is 0.191 e. The molecule has 0 heterocycles. The molecule has 5 nitrogen and oxygen atoms in total. The van der Waals surface area contributed by atoms with E-state index >= 15 is 0 Å². The van der Waals surface area contributed by atoms with Gasteiger partial charge in [0.15, 0.2) is 17.5 Å². The van der Waals surface area contributed by atoms with Crippen molar-refractivity contribution in [2.24, 2.45) is 10.9 Å². The number of phenolic OH excluding ortho intramolecular Hbond substituents is 1. The molecule has 0 aliphatic heterocycles. The Kier molecular flexibility index (Phi) is 7.22. The van der Waals surface area contributed by atoms with Crippen LogP contribution in [0, 0.1) is 5.92 Å². The zero-order valence-corrected chi connectivity index (χ0v) is 15.1. The Morgan fingerprint density at radius 2 is 2.00 bits per heavy atom. The zero-order chi connectivity index (χ0) is 17.4. The van der Waals surface area contributed by atoms with E-state index in [0.29, 0.717) is 18.3 Å². The minimum absolute atomic E-state index is 0.169. The molecule has 1 aliphatic carbocycles. The average molecular weight is 333 g/mol. The molecule has 24 heavy (non-hydrogen) atoms. The number of nitrogens with one attached hydrogen (secondary N) is 2. The fraction of sp³-hybridized carbons (Fsp3) is 0.632. The van der Waals surface area contributed by atoms with Crippen LogP contribution in [-0.2, 0) is 6.54 Å². The van der Waals surface area contributed by atoms with Gasteiger partial charge in [0.1, 0.15) is 0 Å². The van der Waals surface area contributed by atoms with Gasteiger partial charge >= 0.3 is 0 Å². The van der Waals surface area contributed by atoms with Gasteiger partial charge in [-0.25, -0.2) is 4.99 Å². The van der Waals surface area contributed by atoms with Crippen molar-refractivity contribution in [1.29, 1.82) is 0 Å². The number of rotatable bonds is 6. The lowest BCUT2D eigenvalue weighted by Crippen LogP contribution is -2.44. The van der Waals surface area contributed by atoms with Crippen molar-refractivity contribution in [3.05, 3.63) is 23.8 Å². The molecule has 3 N–H and O–H groups in total. The summed E-state index contributed by atoms with van der Waals surface area (Å²) in [6.07, 6.45) is 6.28. The number of methoxy groups -OCH3 is 1. The minimum atomic E-state index is 0.169. The van der Waals surface area contributed by atoms with Gasteiger partial charge in [0.05, 0.1) is 13.7 Å². The van der Waals surface area contributed by atoms with Crippen LogP contribution in [0.1, 0.15) is 51.5 Å². The second-order valence-electron chi connectivity index (χ2n) is 6.43. The summed E-state index contributed by atoms with van der Waals surface area (Å²) in [5, 5.41) is 17.0.